The summed E-state index contributed by atoms with van der Waals surface area (Å²) in [7, 11) is -3.02. The first-order chi connectivity index (χ1) is 28.8. The van der Waals surface area contributed by atoms with E-state index in [0.29, 0.717) is 0 Å². The predicted octanol–water partition coefficient (Wildman–Crippen LogP) is 13.1. The second-order valence-corrected chi connectivity index (χ2v) is 32.8. The SMILES string of the molecule is CC(C)(C)c1ccc2c(c1)B1c3cc(C(C)(C)C)ccc3N(c3c(-c4ccc([Si](C)(C)C)cc4)cccc3-c3ccc([Si](C)(C)C)cc3)c3cc(-c4ccccc4)cc(c31)S2. The van der Waals surface area contributed by atoms with Gasteiger partial charge in [0, 0.05) is 32.3 Å². The molecule has 5 heteroatoms. The van der Waals surface area contributed by atoms with Crippen molar-refractivity contribution in [1.29, 1.82) is 0 Å². The van der Waals surface area contributed by atoms with Crippen molar-refractivity contribution in [2.45, 2.75) is 101 Å². The Labute approximate surface area is 372 Å². The summed E-state index contributed by atoms with van der Waals surface area (Å²) in [5.74, 6) is 0. The molecule has 0 atom stereocenters. The number of anilines is 3. The smallest absolute Gasteiger partial charge is 0.249 e. The van der Waals surface area contributed by atoms with Crippen molar-refractivity contribution in [3.05, 3.63) is 157 Å². The average Bonchev–Trinajstić information content (AvgIpc) is 3.22. The monoisotopic (exact) mass is 845 g/mol. The lowest BCUT2D eigenvalue weighted by Gasteiger charge is -2.42. The summed E-state index contributed by atoms with van der Waals surface area (Å²) in [4.78, 5) is 5.37. The topological polar surface area (TPSA) is 3.24 Å². The number of hydrogen-bond acceptors (Lipinski definition) is 2. The lowest BCUT2D eigenvalue weighted by molar-refractivity contribution is 0.590. The van der Waals surface area contributed by atoms with Crippen LogP contribution in [0, 0.1) is 0 Å². The maximum Gasteiger partial charge on any atom is 0.249 e. The van der Waals surface area contributed by atoms with Crippen molar-refractivity contribution in [2.75, 3.05) is 4.90 Å². The standard InChI is InChI=1S/C56H60BNSSi2/c1-55(2,3)41-25-31-49-47(35-41)57-48-36-42(56(4,5)6)26-32-51(48)59-52-34-40(37-17-14-13-15-18-37)33-50(53(52)57)58(49)54-45(38-21-27-43(28-22-38)60(7,8)9)19-16-20-46(54)39-23-29-44(30-24-39)61(10,11)12/h13-36H,1-12H3. The van der Waals surface area contributed by atoms with Gasteiger partial charge in [0.25, 0.3) is 0 Å². The predicted molar refractivity (Wildman–Crippen MR) is 276 cm³/mol. The Morgan fingerprint density at radius 1 is 0.443 bits per heavy atom. The van der Waals surface area contributed by atoms with Crippen LogP contribution in [0.25, 0.3) is 33.4 Å². The molecule has 61 heavy (non-hydrogen) atoms. The van der Waals surface area contributed by atoms with Gasteiger partial charge in [-0.3, -0.25) is 0 Å². The van der Waals surface area contributed by atoms with Crippen LogP contribution in [0.4, 0.5) is 17.1 Å². The molecule has 0 bridgehead atoms. The second-order valence-electron chi connectivity index (χ2n) is 21.5. The third kappa shape index (κ3) is 7.62. The van der Waals surface area contributed by atoms with Gasteiger partial charge >= 0.3 is 0 Å². The van der Waals surface area contributed by atoms with Gasteiger partial charge in [-0.1, -0.05) is 230 Å². The Bertz CT molecular complexity index is 2720. The molecule has 9 rings (SSSR count). The highest BCUT2D eigenvalue weighted by atomic mass is 32.2. The molecule has 0 spiro atoms. The van der Waals surface area contributed by atoms with E-state index in [2.05, 4.69) is 231 Å². The Morgan fingerprint density at radius 3 is 1.49 bits per heavy atom. The van der Waals surface area contributed by atoms with Gasteiger partial charge in [-0.05, 0) is 79.4 Å². The normalized spacial score (nSPS) is 13.8. The molecule has 306 valence electrons. The van der Waals surface area contributed by atoms with Gasteiger partial charge in [0.15, 0.2) is 0 Å². The number of fused-ring (bicyclic) bond motifs is 4. The molecule has 0 aromatic heterocycles. The highest BCUT2D eigenvalue weighted by Crippen LogP contribution is 2.50. The molecule has 0 radical (unpaired) electrons. The molecule has 2 aliphatic rings. The molecule has 0 aliphatic carbocycles. The molecule has 0 amide bonds. The molecule has 7 aromatic carbocycles. The van der Waals surface area contributed by atoms with Crippen LogP contribution < -0.4 is 31.7 Å². The zero-order chi connectivity index (χ0) is 43.2. The van der Waals surface area contributed by atoms with Crippen molar-refractivity contribution in [3.63, 3.8) is 0 Å². The van der Waals surface area contributed by atoms with E-state index < -0.39 is 16.1 Å². The summed E-state index contributed by atoms with van der Waals surface area (Å²) in [6.07, 6.45) is 0. The van der Waals surface area contributed by atoms with Crippen LogP contribution in [0.2, 0.25) is 39.3 Å². The fourth-order valence-corrected chi connectivity index (χ4v) is 12.8. The van der Waals surface area contributed by atoms with E-state index in [0.717, 1.165) is 0 Å². The summed E-state index contributed by atoms with van der Waals surface area (Å²) in [5, 5.41) is 2.96. The quantitative estimate of drug-likeness (QED) is 0.153. The van der Waals surface area contributed by atoms with Crippen LogP contribution >= 0.6 is 11.8 Å². The summed E-state index contributed by atoms with van der Waals surface area (Å²) in [6, 6.07) is 56.8. The lowest BCUT2D eigenvalue weighted by Crippen LogP contribution is -2.60. The first-order valence-electron chi connectivity index (χ1n) is 22.1. The molecular weight excluding hydrogens is 786 g/mol. The molecule has 2 heterocycles. The molecule has 0 fully saturated rings. The fraction of sp³-hybridized carbons (Fsp3) is 0.250. The van der Waals surface area contributed by atoms with E-state index in [1.54, 1.807) is 0 Å². The Hall–Kier alpha value is -4.81. The van der Waals surface area contributed by atoms with Gasteiger partial charge in [0.05, 0.1) is 21.8 Å². The van der Waals surface area contributed by atoms with Crippen LogP contribution in [-0.2, 0) is 10.8 Å². The molecule has 7 aromatic rings. The van der Waals surface area contributed by atoms with Crippen molar-refractivity contribution >= 4 is 78.4 Å². The maximum atomic E-state index is 2.67. The van der Waals surface area contributed by atoms with Crippen LogP contribution in [0.1, 0.15) is 52.7 Å². The number of hydrogen-bond donors (Lipinski definition) is 0. The summed E-state index contributed by atoms with van der Waals surface area (Å²) >= 11 is 1.95. The Balaban J connectivity index is 1.40. The van der Waals surface area contributed by atoms with E-state index in [-0.39, 0.29) is 17.5 Å². The second kappa shape index (κ2) is 14.9. The lowest BCUT2D eigenvalue weighted by atomic mass is 9.34. The van der Waals surface area contributed by atoms with Gasteiger partial charge in [-0.25, -0.2) is 0 Å². The summed E-state index contributed by atoms with van der Waals surface area (Å²) < 4.78 is 0. The number of rotatable bonds is 6. The molecule has 0 N–H and O–H groups in total. The molecular formula is C56H60BNSSi2. The zero-order valence-electron chi connectivity index (χ0n) is 38.3. The molecule has 0 unspecified atom stereocenters. The van der Waals surface area contributed by atoms with Crippen LogP contribution in [0.5, 0.6) is 0 Å². The highest BCUT2D eigenvalue weighted by Gasteiger charge is 2.43. The fourth-order valence-electron chi connectivity index (χ4n) is 9.28. The highest BCUT2D eigenvalue weighted by molar-refractivity contribution is 8.00. The van der Waals surface area contributed by atoms with E-state index in [4.69, 9.17) is 0 Å². The third-order valence-electron chi connectivity index (χ3n) is 13.0. The van der Waals surface area contributed by atoms with Crippen molar-refractivity contribution in [3.8, 4) is 33.4 Å². The van der Waals surface area contributed by atoms with Crippen molar-refractivity contribution < 1.29 is 0 Å². The molecule has 0 saturated heterocycles. The largest absolute Gasteiger partial charge is 0.310 e. The van der Waals surface area contributed by atoms with Gasteiger partial charge in [0.2, 0.25) is 6.71 Å². The van der Waals surface area contributed by atoms with E-state index in [1.165, 1.54) is 98.1 Å². The molecule has 1 nitrogen and oxygen atoms in total. The first kappa shape index (κ1) is 41.5. The van der Waals surface area contributed by atoms with Crippen molar-refractivity contribution in [1.82, 2.24) is 0 Å². The zero-order valence-corrected chi connectivity index (χ0v) is 41.1. The van der Waals surface area contributed by atoms with E-state index >= 15 is 0 Å². The Morgan fingerprint density at radius 2 is 0.967 bits per heavy atom. The summed E-state index contributed by atoms with van der Waals surface area (Å²) in [6.45, 7) is 28.8. The maximum absolute atomic E-state index is 2.67. The van der Waals surface area contributed by atoms with Gasteiger partial charge in [-0.15, -0.1) is 0 Å². The minimum atomic E-state index is -1.51. The number of nitrogens with zero attached hydrogens (tertiary/aromatic N) is 1. The van der Waals surface area contributed by atoms with Gasteiger partial charge in [0.1, 0.15) is 0 Å². The van der Waals surface area contributed by atoms with Crippen LogP contribution in [0.15, 0.2) is 155 Å². The molecule has 0 saturated carbocycles. The average molecular weight is 846 g/mol. The number of para-hydroxylation sites is 1. The van der Waals surface area contributed by atoms with Gasteiger partial charge < -0.3 is 4.90 Å². The minimum absolute atomic E-state index is 0.0149. The van der Waals surface area contributed by atoms with Crippen molar-refractivity contribution in [2.24, 2.45) is 0 Å². The third-order valence-corrected chi connectivity index (χ3v) is 18.3. The molecule has 2 aliphatic heterocycles. The minimum Gasteiger partial charge on any atom is -0.310 e. The summed E-state index contributed by atoms with van der Waals surface area (Å²) in [5.41, 5.74) is 18.2. The van der Waals surface area contributed by atoms with E-state index in [1.807, 2.05) is 11.8 Å². The first-order valence-corrected chi connectivity index (χ1v) is 29.9. The Kier molecular flexibility index (Phi) is 10.2. The number of benzene rings is 7. The van der Waals surface area contributed by atoms with Crippen LogP contribution in [0.3, 0.4) is 0 Å². The van der Waals surface area contributed by atoms with Gasteiger partial charge in [-0.2, -0.15) is 0 Å². The van der Waals surface area contributed by atoms with E-state index in [9.17, 15) is 0 Å². The van der Waals surface area contributed by atoms with Crippen LogP contribution in [-0.4, -0.2) is 22.9 Å².